The molecule has 0 spiro atoms. The maximum absolute atomic E-state index is 13.5. The van der Waals surface area contributed by atoms with Crippen molar-refractivity contribution >= 4 is 55.0 Å². The average Bonchev–Trinajstić information content (AvgIpc) is 3.45. The van der Waals surface area contributed by atoms with Crippen molar-refractivity contribution in [2.75, 3.05) is 54.1 Å². The highest BCUT2D eigenvalue weighted by atomic mass is 32.2. The maximum atomic E-state index is 13.5. The number of rotatable bonds is 10. The van der Waals surface area contributed by atoms with E-state index in [1.165, 1.54) is 42.7 Å². The Labute approximate surface area is 226 Å². The molecule has 0 aliphatic rings. The van der Waals surface area contributed by atoms with Gasteiger partial charge in [-0.3, -0.25) is 9.59 Å². The first-order valence-corrected chi connectivity index (χ1v) is 12.7. The first kappa shape index (κ1) is 26.9. The lowest BCUT2D eigenvalue weighted by molar-refractivity contribution is 0.103. The second kappa shape index (κ2) is 10.7. The largest absolute Gasteiger partial charge is 0.493 e. The molecule has 10 nitrogen and oxygen atoms in total. The van der Waals surface area contributed by atoms with Crippen molar-refractivity contribution in [3.63, 3.8) is 0 Å². The Morgan fingerprint density at radius 1 is 0.579 bits per heavy atom. The van der Waals surface area contributed by atoms with E-state index in [2.05, 4.69) is 0 Å². The molecule has 2 heterocycles. The fraction of sp³-hybridized carbons (Fsp3) is 0.231. The summed E-state index contributed by atoms with van der Waals surface area (Å²) in [5, 5.41) is 0.464. The quantitative estimate of drug-likeness (QED) is 0.264. The number of carbonyl (C=O) groups is 2. The van der Waals surface area contributed by atoms with E-state index in [0.29, 0.717) is 64.8 Å². The van der Waals surface area contributed by atoms with Crippen molar-refractivity contribution in [2.45, 2.75) is 0 Å². The molecule has 0 saturated carbocycles. The van der Waals surface area contributed by atoms with E-state index in [1.54, 1.807) is 24.3 Å². The molecule has 0 aliphatic carbocycles. The average molecular weight is 559 g/mol. The Balaban J connectivity index is 1.77. The monoisotopic (exact) mass is 558 g/mol. The van der Waals surface area contributed by atoms with Gasteiger partial charge in [0.15, 0.2) is 23.0 Å². The van der Waals surface area contributed by atoms with Crippen LogP contribution in [0.5, 0.6) is 34.5 Å². The second-order valence-electron chi connectivity index (χ2n) is 7.84. The molecule has 0 fully saturated rings. The lowest BCUT2D eigenvalue weighted by Crippen LogP contribution is -2.06. The van der Waals surface area contributed by atoms with E-state index in [9.17, 15) is 9.59 Å². The summed E-state index contributed by atoms with van der Waals surface area (Å²) in [4.78, 5) is 27.5. The van der Waals surface area contributed by atoms with Gasteiger partial charge in [-0.25, -0.2) is 0 Å². The Morgan fingerprint density at radius 3 is 1.13 bits per heavy atom. The zero-order valence-electron chi connectivity index (χ0n) is 21.5. The molecule has 0 unspecified atom stereocenters. The molecule has 4 rings (SSSR count). The first-order chi connectivity index (χ1) is 18.2. The SMILES string of the molecule is COc1cc(C(=O)c2sc3sc(C(=O)c4cc(OC)c(OC)c(OC)c4)c(N)c3c2N)cc(OC)c1OC. The molecule has 38 heavy (non-hydrogen) atoms. The van der Waals surface area contributed by atoms with Crippen molar-refractivity contribution in [3.05, 3.63) is 45.1 Å². The summed E-state index contributed by atoms with van der Waals surface area (Å²) in [7, 11) is 8.82. The van der Waals surface area contributed by atoms with Crippen LogP contribution in [0.1, 0.15) is 30.5 Å². The number of ketones is 2. The minimum atomic E-state index is -0.341. The van der Waals surface area contributed by atoms with Crippen LogP contribution in [-0.4, -0.2) is 54.2 Å². The lowest BCUT2D eigenvalue weighted by atomic mass is 10.0. The third kappa shape index (κ3) is 4.31. The van der Waals surface area contributed by atoms with Gasteiger partial charge in [-0.2, -0.15) is 0 Å². The molecule has 0 aliphatic heterocycles. The second-order valence-corrected chi connectivity index (χ2v) is 10.1. The van der Waals surface area contributed by atoms with Crippen molar-refractivity contribution in [1.29, 1.82) is 0 Å². The smallest absolute Gasteiger partial charge is 0.205 e. The molecule has 4 aromatic rings. The molecule has 2 aromatic heterocycles. The highest BCUT2D eigenvalue weighted by Crippen LogP contribution is 2.47. The molecule has 200 valence electrons. The normalized spacial score (nSPS) is 10.8. The van der Waals surface area contributed by atoms with E-state index >= 15 is 0 Å². The molecule has 0 bridgehead atoms. The minimum Gasteiger partial charge on any atom is -0.493 e. The number of hydrogen-bond donors (Lipinski definition) is 2. The van der Waals surface area contributed by atoms with Gasteiger partial charge in [-0.05, 0) is 24.3 Å². The van der Waals surface area contributed by atoms with E-state index in [4.69, 9.17) is 39.9 Å². The first-order valence-electron chi connectivity index (χ1n) is 11.0. The van der Waals surface area contributed by atoms with Gasteiger partial charge in [0.2, 0.25) is 23.1 Å². The summed E-state index contributed by atoms with van der Waals surface area (Å²) in [6.45, 7) is 0. The molecule has 12 heteroatoms. The number of anilines is 2. The predicted octanol–water partition coefficient (Wildman–Crippen LogP) is 4.64. The van der Waals surface area contributed by atoms with Crippen LogP contribution in [0, 0.1) is 0 Å². The Kier molecular flexibility index (Phi) is 7.56. The van der Waals surface area contributed by atoms with E-state index in [-0.39, 0.29) is 22.9 Å². The van der Waals surface area contributed by atoms with Crippen LogP contribution in [-0.2, 0) is 0 Å². The molecule has 0 saturated heterocycles. The van der Waals surface area contributed by atoms with Gasteiger partial charge in [0, 0.05) is 11.1 Å². The third-order valence-electron chi connectivity index (χ3n) is 5.89. The number of thiophene rings is 2. The van der Waals surface area contributed by atoms with Crippen LogP contribution in [0.15, 0.2) is 24.3 Å². The van der Waals surface area contributed by atoms with Crippen molar-refractivity contribution in [1.82, 2.24) is 0 Å². The predicted molar refractivity (Wildman–Crippen MR) is 148 cm³/mol. The van der Waals surface area contributed by atoms with Crippen molar-refractivity contribution < 1.29 is 38.0 Å². The number of fused-ring (bicyclic) bond motifs is 1. The highest BCUT2D eigenvalue weighted by molar-refractivity contribution is 7.40. The number of benzene rings is 2. The van der Waals surface area contributed by atoms with Gasteiger partial charge in [-0.15, -0.1) is 22.7 Å². The van der Waals surface area contributed by atoms with Crippen LogP contribution in [0.4, 0.5) is 11.4 Å². The molecule has 0 radical (unpaired) electrons. The number of ether oxygens (including phenoxy) is 6. The summed E-state index contributed by atoms with van der Waals surface area (Å²) in [6, 6.07) is 6.22. The summed E-state index contributed by atoms with van der Waals surface area (Å²) >= 11 is 2.32. The van der Waals surface area contributed by atoms with E-state index in [1.807, 2.05) is 0 Å². The zero-order chi connectivity index (χ0) is 27.7. The number of carbonyl (C=O) groups excluding carboxylic acids is 2. The summed E-state index contributed by atoms with van der Waals surface area (Å²) < 4.78 is 32.8. The third-order valence-corrected chi connectivity index (χ3v) is 8.39. The van der Waals surface area contributed by atoms with Gasteiger partial charge < -0.3 is 39.9 Å². The summed E-state index contributed by atoms with van der Waals surface area (Å²) in [6.07, 6.45) is 0. The topological polar surface area (TPSA) is 142 Å². The number of methoxy groups -OCH3 is 6. The standard InChI is InChI=1S/C26H26N2O8S2/c1-31-13-7-11(8-14(32-2)22(13)35-5)20(29)24-18(27)17-19(28)25(38-26(17)37-24)21(30)12-9-15(33-3)23(36-6)16(10-12)34-4/h7-10H,27-28H2,1-6H3. The molecule has 0 atom stereocenters. The number of nitrogen functional groups attached to an aromatic ring is 2. The maximum Gasteiger partial charge on any atom is 0.205 e. The fourth-order valence-electron chi connectivity index (χ4n) is 4.03. The summed E-state index contributed by atoms with van der Waals surface area (Å²) in [5.74, 6) is 1.40. The molecular weight excluding hydrogens is 532 g/mol. The van der Waals surface area contributed by atoms with Crippen molar-refractivity contribution in [2.24, 2.45) is 0 Å². The molecule has 0 amide bonds. The van der Waals surface area contributed by atoms with Crippen LogP contribution in [0.2, 0.25) is 0 Å². The van der Waals surface area contributed by atoms with E-state index in [0.717, 1.165) is 22.7 Å². The van der Waals surface area contributed by atoms with Crippen LogP contribution >= 0.6 is 22.7 Å². The van der Waals surface area contributed by atoms with Gasteiger partial charge >= 0.3 is 0 Å². The van der Waals surface area contributed by atoms with E-state index < -0.39 is 0 Å². The number of hydrogen-bond acceptors (Lipinski definition) is 12. The Morgan fingerprint density at radius 2 is 0.895 bits per heavy atom. The van der Waals surface area contributed by atoms with Crippen LogP contribution < -0.4 is 39.9 Å². The van der Waals surface area contributed by atoms with Gasteiger partial charge in [-0.1, -0.05) is 0 Å². The Bertz CT molecular complexity index is 1400. The fourth-order valence-corrected chi connectivity index (χ4v) is 6.56. The van der Waals surface area contributed by atoms with Gasteiger partial charge in [0.25, 0.3) is 0 Å². The van der Waals surface area contributed by atoms with Crippen molar-refractivity contribution in [3.8, 4) is 34.5 Å². The van der Waals surface area contributed by atoms with Crippen LogP contribution in [0.25, 0.3) is 9.40 Å². The van der Waals surface area contributed by atoms with Gasteiger partial charge in [0.1, 0.15) is 9.75 Å². The minimum absolute atomic E-state index is 0.196. The Hall–Kier alpha value is -4.16. The highest BCUT2D eigenvalue weighted by Gasteiger charge is 2.28. The molecular formula is C26H26N2O8S2. The number of nitrogens with two attached hydrogens (primary N) is 2. The van der Waals surface area contributed by atoms with Gasteiger partial charge in [0.05, 0.1) is 63.4 Å². The van der Waals surface area contributed by atoms with Crippen LogP contribution in [0.3, 0.4) is 0 Å². The zero-order valence-corrected chi connectivity index (χ0v) is 23.2. The molecule has 4 N–H and O–H groups in total. The summed E-state index contributed by atoms with van der Waals surface area (Å²) in [5.41, 5.74) is 13.8. The lowest BCUT2D eigenvalue weighted by Gasteiger charge is -2.13. The molecule has 2 aromatic carbocycles.